The summed E-state index contributed by atoms with van der Waals surface area (Å²) in [6.07, 6.45) is -3.78. The van der Waals surface area contributed by atoms with Gasteiger partial charge in [0.1, 0.15) is 0 Å². The van der Waals surface area contributed by atoms with Crippen molar-refractivity contribution in [2.75, 3.05) is 7.11 Å². The first-order valence-corrected chi connectivity index (χ1v) is 5.18. The molecule has 0 aromatic heterocycles. The number of halogens is 3. The highest BCUT2D eigenvalue weighted by molar-refractivity contribution is 5.77. The fraction of sp³-hybridized carbons (Fsp3) is 0.417. The van der Waals surface area contributed by atoms with Gasteiger partial charge in [-0.15, -0.1) is 0 Å². The Morgan fingerprint density at radius 1 is 1.41 bits per heavy atom. The first-order valence-electron chi connectivity index (χ1n) is 5.18. The van der Waals surface area contributed by atoms with Crippen molar-refractivity contribution < 1.29 is 22.7 Å². The summed E-state index contributed by atoms with van der Waals surface area (Å²) in [4.78, 5) is 11.2. The molecular weight excluding hydrogens is 233 g/mol. The molecule has 2 atom stereocenters. The van der Waals surface area contributed by atoms with Gasteiger partial charge in [0.15, 0.2) is 0 Å². The Bertz CT molecular complexity index is 440. The second kappa shape index (κ2) is 4.05. The van der Waals surface area contributed by atoms with E-state index in [2.05, 4.69) is 4.74 Å². The Morgan fingerprint density at radius 3 is 2.71 bits per heavy atom. The molecule has 1 fully saturated rings. The second-order valence-electron chi connectivity index (χ2n) is 4.10. The molecule has 0 saturated heterocycles. The minimum absolute atomic E-state index is 0.134. The third kappa shape index (κ3) is 2.43. The number of carbonyl (C=O) groups excluding carboxylic acids is 1. The van der Waals surface area contributed by atoms with Crippen LogP contribution in [0.2, 0.25) is 0 Å². The van der Waals surface area contributed by atoms with E-state index in [9.17, 15) is 18.0 Å². The van der Waals surface area contributed by atoms with Gasteiger partial charge in [0.05, 0.1) is 18.6 Å². The molecule has 2 rings (SSSR count). The maximum Gasteiger partial charge on any atom is 0.416 e. The van der Waals surface area contributed by atoms with Gasteiger partial charge in [-0.25, -0.2) is 0 Å². The molecule has 0 unspecified atom stereocenters. The molecule has 17 heavy (non-hydrogen) atoms. The predicted molar refractivity (Wildman–Crippen MR) is 54.3 cm³/mol. The van der Waals surface area contributed by atoms with Gasteiger partial charge in [-0.1, -0.05) is 18.2 Å². The lowest BCUT2D eigenvalue weighted by Gasteiger charge is -2.08. The SMILES string of the molecule is COC(=O)[C@@H]1C[C@H]1c1cccc(C(F)(F)F)c1. The fourth-order valence-electron chi connectivity index (χ4n) is 1.92. The van der Waals surface area contributed by atoms with Crippen molar-refractivity contribution in [1.82, 2.24) is 0 Å². The lowest BCUT2D eigenvalue weighted by Crippen LogP contribution is -2.06. The second-order valence-corrected chi connectivity index (χ2v) is 4.10. The van der Waals surface area contributed by atoms with Crippen molar-refractivity contribution in [2.24, 2.45) is 5.92 Å². The van der Waals surface area contributed by atoms with Crippen LogP contribution in [0, 0.1) is 5.92 Å². The zero-order valence-corrected chi connectivity index (χ0v) is 9.12. The monoisotopic (exact) mass is 244 g/mol. The lowest BCUT2D eigenvalue weighted by atomic mass is 10.1. The molecule has 0 radical (unpaired) electrons. The normalized spacial score (nSPS) is 23.3. The zero-order chi connectivity index (χ0) is 12.6. The molecule has 1 aliphatic carbocycles. The maximum absolute atomic E-state index is 12.5. The molecule has 1 aromatic carbocycles. The van der Waals surface area contributed by atoms with E-state index in [4.69, 9.17) is 0 Å². The van der Waals surface area contributed by atoms with Gasteiger partial charge < -0.3 is 4.74 Å². The number of esters is 1. The molecule has 0 heterocycles. The van der Waals surface area contributed by atoms with Crippen LogP contribution in [-0.2, 0) is 15.7 Å². The summed E-state index contributed by atoms with van der Waals surface area (Å²) in [6, 6.07) is 5.11. The van der Waals surface area contributed by atoms with Crippen molar-refractivity contribution in [3.63, 3.8) is 0 Å². The summed E-state index contributed by atoms with van der Waals surface area (Å²) >= 11 is 0. The Hall–Kier alpha value is -1.52. The predicted octanol–water partition coefficient (Wildman–Crippen LogP) is 2.98. The molecule has 92 valence electrons. The van der Waals surface area contributed by atoms with Crippen LogP contribution in [0.5, 0.6) is 0 Å². The molecule has 0 bridgehead atoms. The van der Waals surface area contributed by atoms with Gasteiger partial charge in [-0.2, -0.15) is 13.2 Å². The van der Waals surface area contributed by atoms with E-state index in [-0.39, 0.29) is 17.8 Å². The van der Waals surface area contributed by atoms with Gasteiger partial charge in [-0.3, -0.25) is 4.79 Å². The van der Waals surface area contributed by atoms with Crippen molar-refractivity contribution in [3.8, 4) is 0 Å². The van der Waals surface area contributed by atoms with Crippen molar-refractivity contribution in [1.29, 1.82) is 0 Å². The molecule has 0 spiro atoms. The van der Waals surface area contributed by atoms with E-state index < -0.39 is 11.7 Å². The first kappa shape index (κ1) is 12.0. The highest BCUT2D eigenvalue weighted by Gasteiger charge is 2.45. The fourth-order valence-corrected chi connectivity index (χ4v) is 1.92. The van der Waals surface area contributed by atoms with E-state index in [0.717, 1.165) is 12.1 Å². The van der Waals surface area contributed by atoms with Crippen LogP contribution in [0.3, 0.4) is 0 Å². The number of carbonyl (C=O) groups is 1. The van der Waals surface area contributed by atoms with Gasteiger partial charge in [0.2, 0.25) is 0 Å². The number of methoxy groups -OCH3 is 1. The molecule has 1 aromatic rings. The lowest BCUT2D eigenvalue weighted by molar-refractivity contribution is -0.142. The topological polar surface area (TPSA) is 26.3 Å². The van der Waals surface area contributed by atoms with Crippen LogP contribution in [0.1, 0.15) is 23.5 Å². The van der Waals surface area contributed by atoms with E-state index in [1.807, 2.05) is 0 Å². The average Bonchev–Trinajstić information content (AvgIpc) is 3.07. The molecule has 0 N–H and O–H groups in total. The van der Waals surface area contributed by atoms with Crippen LogP contribution in [0.4, 0.5) is 13.2 Å². The first-order chi connectivity index (χ1) is 7.93. The number of benzene rings is 1. The Labute approximate surface area is 96.4 Å². The summed E-state index contributed by atoms with van der Waals surface area (Å²) in [7, 11) is 1.28. The van der Waals surface area contributed by atoms with Crippen molar-refractivity contribution in [2.45, 2.75) is 18.5 Å². The number of ether oxygens (including phenoxy) is 1. The third-order valence-electron chi connectivity index (χ3n) is 2.94. The van der Waals surface area contributed by atoms with Crippen molar-refractivity contribution >= 4 is 5.97 Å². The molecule has 0 aliphatic heterocycles. The highest BCUT2D eigenvalue weighted by atomic mass is 19.4. The quantitative estimate of drug-likeness (QED) is 0.747. The van der Waals surface area contributed by atoms with Crippen LogP contribution in [0.25, 0.3) is 0 Å². The van der Waals surface area contributed by atoms with E-state index in [1.165, 1.54) is 13.2 Å². The highest BCUT2D eigenvalue weighted by Crippen LogP contribution is 2.48. The standard InChI is InChI=1S/C12H11F3O2/c1-17-11(16)10-6-9(10)7-3-2-4-8(5-7)12(13,14)15/h2-5,9-10H,6H2,1H3/t9-,10+/m0/s1. The largest absolute Gasteiger partial charge is 0.469 e. The van der Waals surface area contributed by atoms with Gasteiger partial charge in [0, 0.05) is 0 Å². The van der Waals surface area contributed by atoms with E-state index >= 15 is 0 Å². The smallest absolute Gasteiger partial charge is 0.416 e. The summed E-state index contributed by atoms with van der Waals surface area (Å²) in [5.41, 5.74) is -0.124. The van der Waals surface area contributed by atoms with E-state index in [0.29, 0.717) is 12.0 Å². The number of hydrogen-bond donors (Lipinski definition) is 0. The maximum atomic E-state index is 12.5. The van der Waals surface area contributed by atoms with Crippen molar-refractivity contribution in [3.05, 3.63) is 35.4 Å². The third-order valence-corrected chi connectivity index (χ3v) is 2.94. The number of hydrogen-bond acceptors (Lipinski definition) is 2. The summed E-state index contributed by atoms with van der Waals surface area (Å²) in [5, 5.41) is 0. The molecule has 1 saturated carbocycles. The zero-order valence-electron chi connectivity index (χ0n) is 9.12. The van der Waals surface area contributed by atoms with Gasteiger partial charge in [-0.05, 0) is 24.0 Å². The van der Waals surface area contributed by atoms with Gasteiger partial charge >= 0.3 is 12.1 Å². The molecule has 5 heteroatoms. The average molecular weight is 244 g/mol. The summed E-state index contributed by atoms with van der Waals surface area (Å²) in [6.45, 7) is 0. The molecule has 2 nitrogen and oxygen atoms in total. The number of alkyl halides is 3. The van der Waals surface area contributed by atoms with E-state index in [1.54, 1.807) is 6.07 Å². The van der Waals surface area contributed by atoms with Crippen LogP contribution >= 0.6 is 0 Å². The minimum atomic E-state index is -4.34. The molecular formula is C12H11F3O2. The Kier molecular flexibility index (Phi) is 2.85. The van der Waals surface area contributed by atoms with Crippen LogP contribution in [0.15, 0.2) is 24.3 Å². The summed E-state index contributed by atoms with van der Waals surface area (Å²) in [5.74, 6) is -0.777. The molecule has 0 amide bonds. The van der Waals surface area contributed by atoms with Gasteiger partial charge in [0.25, 0.3) is 0 Å². The number of rotatable bonds is 2. The Balaban J connectivity index is 2.17. The Morgan fingerprint density at radius 2 is 2.12 bits per heavy atom. The minimum Gasteiger partial charge on any atom is -0.469 e. The van der Waals surface area contributed by atoms with Crippen LogP contribution in [-0.4, -0.2) is 13.1 Å². The summed E-state index contributed by atoms with van der Waals surface area (Å²) < 4.78 is 42.0. The molecule has 1 aliphatic rings. The van der Waals surface area contributed by atoms with Crippen LogP contribution < -0.4 is 0 Å².